The summed E-state index contributed by atoms with van der Waals surface area (Å²) in [5.41, 5.74) is 0.879. The summed E-state index contributed by atoms with van der Waals surface area (Å²) in [6.45, 7) is 2.60. The molecule has 21 heavy (non-hydrogen) atoms. The molecule has 1 heterocycles. The zero-order valence-corrected chi connectivity index (χ0v) is 13.2. The summed E-state index contributed by atoms with van der Waals surface area (Å²) in [5.74, 6) is -0.182. The number of rotatable bonds is 5. The van der Waals surface area contributed by atoms with E-state index in [0.717, 1.165) is 0 Å². The Balaban J connectivity index is 2.20. The van der Waals surface area contributed by atoms with Crippen molar-refractivity contribution in [2.24, 2.45) is 0 Å². The molecule has 0 unspecified atom stereocenters. The van der Waals surface area contributed by atoms with Gasteiger partial charge in [-0.05, 0) is 31.5 Å². The van der Waals surface area contributed by atoms with Crippen LogP contribution in [-0.4, -0.2) is 39.8 Å². The zero-order chi connectivity index (χ0) is 15.5. The Kier molecular flexibility index (Phi) is 5.08. The molecular weight excluding hydrogens is 316 g/mol. The van der Waals surface area contributed by atoms with Crippen molar-refractivity contribution in [1.29, 1.82) is 0 Å². The molecule has 6 nitrogen and oxygen atoms in total. The van der Waals surface area contributed by atoms with Gasteiger partial charge in [-0.2, -0.15) is 0 Å². The largest absolute Gasteiger partial charge is 0.372 e. The first kappa shape index (κ1) is 16.1. The number of anilines is 2. The van der Waals surface area contributed by atoms with Gasteiger partial charge in [0.25, 0.3) is 0 Å². The van der Waals surface area contributed by atoms with Crippen LogP contribution in [0.25, 0.3) is 0 Å². The van der Waals surface area contributed by atoms with Crippen LogP contribution in [0.15, 0.2) is 18.2 Å². The number of nitrogens with zero attached hydrogens (tertiary/aromatic N) is 1. The first-order chi connectivity index (χ1) is 9.94. The minimum atomic E-state index is -3.31. The molecule has 0 atom stereocenters. The van der Waals surface area contributed by atoms with Gasteiger partial charge >= 0.3 is 0 Å². The van der Waals surface area contributed by atoms with E-state index in [4.69, 9.17) is 16.3 Å². The summed E-state index contributed by atoms with van der Waals surface area (Å²) in [6.07, 6.45) is 0.569. The van der Waals surface area contributed by atoms with Crippen molar-refractivity contribution in [3.05, 3.63) is 23.2 Å². The van der Waals surface area contributed by atoms with E-state index in [-0.39, 0.29) is 18.3 Å². The molecule has 1 aliphatic rings. The van der Waals surface area contributed by atoms with Crippen LogP contribution >= 0.6 is 11.6 Å². The predicted molar refractivity (Wildman–Crippen MR) is 82.3 cm³/mol. The fourth-order valence-electron chi connectivity index (χ4n) is 2.08. The van der Waals surface area contributed by atoms with Crippen LogP contribution in [0.3, 0.4) is 0 Å². The average molecular weight is 333 g/mol. The second-order valence-corrected chi connectivity index (χ2v) is 7.01. The molecule has 1 aromatic rings. The molecule has 0 aromatic heterocycles. The smallest absolute Gasteiger partial charge is 0.250 e. The molecule has 116 valence electrons. The van der Waals surface area contributed by atoms with Crippen molar-refractivity contribution in [2.75, 3.05) is 35.1 Å². The lowest BCUT2D eigenvalue weighted by Crippen LogP contribution is -2.25. The molecule has 1 aliphatic heterocycles. The Hall–Kier alpha value is -1.31. The lowest BCUT2D eigenvalue weighted by molar-refractivity contribution is -0.120. The van der Waals surface area contributed by atoms with Gasteiger partial charge in [0, 0.05) is 18.8 Å². The summed E-state index contributed by atoms with van der Waals surface area (Å²) in [7, 11) is -3.31. The molecule has 1 saturated heterocycles. The topological polar surface area (TPSA) is 75.7 Å². The Morgan fingerprint density at radius 1 is 1.48 bits per heavy atom. The van der Waals surface area contributed by atoms with Crippen molar-refractivity contribution >= 4 is 38.9 Å². The van der Waals surface area contributed by atoms with Gasteiger partial charge in [-0.25, -0.2) is 8.42 Å². The second-order valence-electron chi connectivity index (χ2n) is 4.59. The number of carbonyl (C=O) groups excluding carboxylic acids is 1. The Labute approximate surface area is 129 Å². The molecule has 0 spiro atoms. The number of sulfonamides is 1. The van der Waals surface area contributed by atoms with Crippen LogP contribution in [0.5, 0.6) is 0 Å². The maximum absolute atomic E-state index is 11.9. The molecule has 0 aliphatic carbocycles. The third-order valence-electron chi connectivity index (χ3n) is 3.04. The fraction of sp³-hybridized carbons (Fsp3) is 0.462. The van der Waals surface area contributed by atoms with Gasteiger partial charge in [0.05, 0.1) is 16.5 Å². The van der Waals surface area contributed by atoms with Gasteiger partial charge in [0.15, 0.2) is 0 Å². The molecule has 2 rings (SSSR count). The van der Waals surface area contributed by atoms with Gasteiger partial charge in [-0.3, -0.25) is 9.10 Å². The van der Waals surface area contributed by atoms with E-state index in [1.54, 1.807) is 25.1 Å². The molecule has 8 heteroatoms. The summed E-state index contributed by atoms with van der Waals surface area (Å²) < 4.78 is 30.2. The van der Waals surface area contributed by atoms with Crippen LogP contribution in [0, 0.1) is 0 Å². The molecule has 0 radical (unpaired) electrons. The fourth-order valence-corrected chi connectivity index (χ4v) is 3.93. The number of nitrogens with one attached hydrogen (secondary N) is 1. The van der Waals surface area contributed by atoms with E-state index in [1.807, 2.05) is 0 Å². The first-order valence-electron chi connectivity index (χ1n) is 6.61. The zero-order valence-electron chi connectivity index (χ0n) is 11.6. The van der Waals surface area contributed by atoms with Crippen LogP contribution in [0.1, 0.15) is 13.3 Å². The van der Waals surface area contributed by atoms with Crippen molar-refractivity contribution in [3.8, 4) is 0 Å². The normalized spacial score (nSPS) is 17.0. The predicted octanol–water partition coefficient (Wildman–Crippen LogP) is 1.85. The number of amides is 1. The number of hydrogen-bond acceptors (Lipinski definition) is 4. The second kappa shape index (κ2) is 6.64. The lowest BCUT2D eigenvalue weighted by atomic mass is 10.2. The standard InChI is InChI=1S/C13H17ClN2O4S/c1-2-20-9-13(17)15-10-4-5-11(14)12(8-10)16-6-3-7-21(16,18)19/h4-5,8H,2-3,6-7,9H2,1H3,(H,15,17). The van der Waals surface area contributed by atoms with Gasteiger partial charge in [-0.15, -0.1) is 0 Å². The van der Waals surface area contributed by atoms with Gasteiger partial charge in [0.1, 0.15) is 6.61 Å². The third-order valence-corrected chi connectivity index (χ3v) is 5.21. The van der Waals surface area contributed by atoms with Crippen molar-refractivity contribution in [1.82, 2.24) is 0 Å². The van der Waals surface area contributed by atoms with Gasteiger partial charge in [0.2, 0.25) is 15.9 Å². The SMILES string of the molecule is CCOCC(=O)Nc1ccc(Cl)c(N2CCCS2(=O)=O)c1. The molecule has 0 bridgehead atoms. The summed E-state index contributed by atoms with van der Waals surface area (Å²) in [4.78, 5) is 11.6. The first-order valence-corrected chi connectivity index (χ1v) is 8.60. The molecular formula is C13H17ClN2O4S. The highest BCUT2D eigenvalue weighted by molar-refractivity contribution is 7.93. The quantitative estimate of drug-likeness (QED) is 0.893. The van der Waals surface area contributed by atoms with E-state index < -0.39 is 10.0 Å². The number of halogens is 1. The summed E-state index contributed by atoms with van der Waals surface area (Å²) in [6, 6.07) is 4.76. The van der Waals surface area contributed by atoms with Crippen molar-refractivity contribution < 1.29 is 17.9 Å². The Bertz CT molecular complexity index is 633. The van der Waals surface area contributed by atoms with Crippen LogP contribution in [-0.2, 0) is 19.6 Å². The molecule has 0 saturated carbocycles. The number of ether oxygens (including phenoxy) is 1. The Morgan fingerprint density at radius 2 is 2.24 bits per heavy atom. The maximum Gasteiger partial charge on any atom is 0.250 e. The molecule has 1 N–H and O–H groups in total. The van der Waals surface area contributed by atoms with E-state index in [2.05, 4.69) is 5.32 Å². The third kappa shape index (κ3) is 3.87. The van der Waals surface area contributed by atoms with Crippen molar-refractivity contribution in [2.45, 2.75) is 13.3 Å². The molecule has 1 aromatic carbocycles. The van der Waals surface area contributed by atoms with Gasteiger partial charge in [-0.1, -0.05) is 11.6 Å². The highest BCUT2D eigenvalue weighted by Gasteiger charge is 2.30. The van der Waals surface area contributed by atoms with Crippen LogP contribution < -0.4 is 9.62 Å². The number of carbonyl (C=O) groups is 1. The highest BCUT2D eigenvalue weighted by Crippen LogP contribution is 2.33. The minimum Gasteiger partial charge on any atom is -0.372 e. The van der Waals surface area contributed by atoms with Crippen LogP contribution in [0.2, 0.25) is 5.02 Å². The summed E-state index contributed by atoms with van der Waals surface area (Å²) >= 11 is 6.08. The van der Waals surface area contributed by atoms with E-state index in [1.165, 1.54) is 4.31 Å². The minimum absolute atomic E-state index is 0.0452. The number of benzene rings is 1. The monoisotopic (exact) mass is 332 g/mol. The van der Waals surface area contributed by atoms with E-state index in [0.29, 0.717) is 36.0 Å². The van der Waals surface area contributed by atoms with Crippen LogP contribution in [0.4, 0.5) is 11.4 Å². The average Bonchev–Trinajstić information content (AvgIpc) is 2.78. The molecule has 1 amide bonds. The highest BCUT2D eigenvalue weighted by atomic mass is 35.5. The van der Waals surface area contributed by atoms with Crippen molar-refractivity contribution in [3.63, 3.8) is 0 Å². The maximum atomic E-state index is 11.9. The van der Waals surface area contributed by atoms with E-state index in [9.17, 15) is 13.2 Å². The van der Waals surface area contributed by atoms with Gasteiger partial charge < -0.3 is 10.1 Å². The lowest BCUT2D eigenvalue weighted by Gasteiger charge is -2.19. The number of hydrogen-bond donors (Lipinski definition) is 1. The molecule has 1 fully saturated rings. The Morgan fingerprint density at radius 3 is 2.86 bits per heavy atom. The summed E-state index contributed by atoms with van der Waals surface area (Å²) in [5, 5.41) is 2.99. The van der Waals surface area contributed by atoms with E-state index >= 15 is 0 Å².